The van der Waals surface area contributed by atoms with E-state index in [0.717, 1.165) is 59.4 Å². The number of amides is 3. The van der Waals surface area contributed by atoms with Crippen molar-refractivity contribution in [2.24, 2.45) is 5.73 Å². The maximum atomic E-state index is 12.5. The highest BCUT2D eigenvalue weighted by Crippen LogP contribution is 2.21. The molecule has 5 N–H and O–H groups in total. The van der Waals surface area contributed by atoms with E-state index in [0.29, 0.717) is 37.2 Å². The molecule has 0 aromatic heterocycles. The summed E-state index contributed by atoms with van der Waals surface area (Å²) in [6, 6.07) is 13.6. The number of carbonyl (C=O) groups excluding carboxylic acids is 3. The molecule has 0 aliphatic rings. The molecule has 0 aliphatic carbocycles. The predicted octanol–water partition coefficient (Wildman–Crippen LogP) is 8.12. The Labute approximate surface area is 323 Å². The molecular formula is C42H63N7O3S. The van der Waals surface area contributed by atoms with Crippen molar-refractivity contribution in [1.29, 1.82) is 5.26 Å². The number of hydrogen-bond donors (Lipinski definition) is 4. The van der Waals surface area contributed by atoms with E-state index in [1.807, 2.05) is 81.0 Å². The molecule has 2 aromatic rings. The van der Waals surface area contributed by atoms with Gasteiger partial charge in [0.1, 0.15) is 0 Å². The Balaban J connectivity index is 0. The van der Waals surface area contributed by atoms with Crippen LogP contribution in [0.4, 0.5) is 5.69 Å². The lowest BCUT2D eigenvalue weighted by molar-refractivity contribution is -0.124. The van der Waals surface area contributed by atoms with Gasteiger partial charge < -0.3 is 31.5 Å². The largest absolute Gasteiger partial charge is 0.402 e. The van der Waals surface area contributed by atoms with Gasteiger partial charge in [-0.05, 0) is 98.6 Å². The van der Waals surface area contributed by atoms with Gasteiger partial charge in [0, 0.05) is 73.6 Å². The zero-order valence-corrected chi connectivity index (χ0v) is 34.2. The third kappa shape index (κ3) is 24.7. The number of allylic oxidation sites excluding steroid dienone is 6. The average Bonchev–Trinajstić information content (AvgIpc) is 3.14. The molecule has 53 heavy (non-hydrogen) atoms. The topological polar surface area (TPSA) is 144 Å². The molecule has 11 heteroatoms. The number of nitrogens with one attached hydrogen (secondary N) is 3. The summed E-state index contributed by atoms with van der Waals surface area (Å²) in [6.07, 6.45) is 12.8. The molecule has 0 atom stereocenters. The third-order valence-electron chi connectivity index (χ3n) is 7.02. The monoisotopic (exact) mass is 745 g/mol. The number of rotatable bonds is 18. The molecular weight excluding hydrogens is 683 g/mol. The second-order valence-corrected chi connectivity index (χ2v) is 12.1. The first-order chi connectivity index (χ1) is 25.3. The van der Waals surface area contributed by atoms with E-state index in [1.54, 1.807) is 55.9 Å². The van der Waals surface area contributed by atoms with Gasteiger partial charge in [0.25, 0.3) is 5.91 Å². The van der Waals surface area contributed by atoms with Crippen molar-refractivity contribution in [2.75, 3.05) is 51.3 Å². The lowest BCUT2D eigenvalue weighted by Crippen LogP contribution is -2.35. The fraction of sp³-hybridized carbons (Fsp3) is 0.381. The van der Waals surface area contributed by atoms with Gasteiger partial charge in [-0.2, -0.15) is 5.26 Å². The second kappa shape index (κ2) is 31.7. The van der Waals surface area contributed by atoms with Gasteiger partial charge in [-0.25, -0.2) is 0 Å². The quantitative estimate of drug-likeness (QED) is 0.0519. The first-order valence-corrected chi connectivity index (χ1v) is 19.1. The molecule has 0 bridgehead atoms. The molecule has 0 radical (unpaired) electrons. The zero-order chi connectivity index (χ0) is 40.6. The van der Waals surface area contributed by atoms with Crippen molar-refractivity contribution in [3.05, 3.63) is 114 Å². The van der Waals surface area contributed by atoms with Gasteiger partial charge in [0.2, 0.25) is 12.3 Å². The van der Waals surface area contributed by atoms with E-state index < -0.39 is 0 Å². The van der Waals surface area contributed by atoms with E-state index in [2.05, 4.69) is 47.9 Å². The van der Waals surface area contributed by atoms with Gasteiger partial charge in [-0.1, -0.05) is 65.1 Å². The molecule has 2 rings (SSSR count). The van der Waals surface area contributed by atoms with Crippen LogP contribution in [-0.2, 0) is 9.59 Å². The predicted molar refractivity (Wildman–Crippen MR) is 228 cm³/mol. The van der Waals surface area contributed by atoms with Gasteiger partial charge in [0.05, 0.1) is 6.07 Å². The van der Waals surface area contributed by atoms with Crippen LogP contribution in [0.1, 0.15) is 71.7 Å². The molecule has 0 heterocycles. The number of benzene rings is 2. The standard InChI is InChI=1S/C24H34N4O2.C11H16N2O.C5H7NS.C2H6/c1-5-15-28(7-3)16-14-26-24(30)21-9-8-20-18-22(11-10-19(20)17-21)25-13-12-23(29)27(4)6-2;1-9(7-10(2)12)5-4-6-11(3)13-8-14;1-5(3-6)4-7-2;1-2/h8-13,17-18,25H,5-7,14-16H2,1-4H3,(H,26,30);4-6,8H,1-2,7,12H2,3H3,(H,13,14);4H,1-2H3;1-2H3/b13-12-;5-4-,11-6+;5-4+;. The Morgan fingerprint density at radius 2 is 1.66 bits per heavy atom. The summed E-state index contributed by atoms with van der Waals surface area (Å²) >= 11 is 1.55. The highest BCUT2D eigenvalue weighted by Gasteiger charge is 2.08. The maximum absolute atomic E-state index is 12.5. The molecule has 0 saturated heterocycles. The van der Waals surface area contributed by atoms with Crippen molar-refractivity contribution >= 4 is 46.4 Å². The first kappa shape index (κ1) is 50.1. The van der Waals surface area contributed by atoms with Crippen LogP contribution >= 0.6 is 11.8 Å². The Morgan fingerprint density at radius 1 is 1.00 bits per heavy atom. The number of likely N-dealkylation sites (N-methyl/N-ethyl adjacent to an activating group) is 2. The minimum absolute atomic E-state index is 0.0433. The van der Waals surface area contributed by atoms with Gasteiger partial charge >= 0.3 is 0 Å². The number of fused-ring (bicyclic) bond motifs is 1. The van der Waals surface area contributed by atoms with Gasteiger partial charge in [0.15, 0.2) is 0 Å². The maximum Gasteiger partial charge on any atom is 0.251 e. The summed E-state index contributed by atoms with van der Waals surface area (Å²) in [5.74, 6) is -0.0914. The normalized spacial score (nSPS) is 10.9. The molecule has 290 valence electrons. The summed E-state index contributed by atoms with van der Waals surface area (Å²) in [7, 11) is 1.77. The molecule has 0 aliphatic heterocycles. The van der Waals surface area contributed by atoms with E-state index >= 15 is 0 Å². The van der Waals surface area contributed by atoms with E-state index in [4.69, 9.17) is 11.0 Å². The summed E-state index contributed by atoms with van der Waals surface area (Å²) in [6.45, 7) is 25.4. The highest BCUT2D eigenvalue weighted by molar-refractivity contribution is 8.01. The van der Waals surface area contributed by atoms with Gasteiger partial charge in [-0.3, -0.25) is 14.4 Å². The smallest absolute Gasteiger partial charge is 0.251 e. The van der Waals surface area contributed by atoms with Crippen molar-refractivity contribution in [3.63, 3.8) is 0 Å². The SMILES string of the molecule is C=C(N)CC(=C)/C=C\C=C(/C)NC=O.CC.CCCN(CC)CCNC(=O)c1ccc2cc(N/C=C\C(=O)N(C)CC)ccc2c1.CS/C=C(\C)C#N. The van der Waals surface area contributed by atoms with E-state index in [1.165, 1.54) is 6.08 Å². The van der Waals surface area contributed by atoms with Crippen LogP contribution in [0.15, 0.2) is 108 Å². The molecule has 0 saturated carbocycles. The Bertz CT molecular complexity index is 1590. The minimum atomic E-state index is -0.0480. The van der Waals surface area contributed by atoms with Crippen LogP contribution in [-0.4, -0.2) is 74.1 Å². The summed E-state index contributed by atoms with van der Waals surface area (Å²) in [4.78, 5) is 38.3. The van der Waals surface area contributed by atoms with Crippen molar-refractivity contribution in [2.45, 2.75) is 61.3 Å². The third-order valence-corrected chi connectivity index (χ3v) is 7.61. The number of anilines is 1. The number of nitrogens with two attached hydrogens (primary N) is 1. The first-order valence-electron chi connectivity index (χ1n) is 17.8. The molecule has 10 nitrogen and oxygen atoms in total. The molecule has 0 spiro atoms. The van der Waals surface area contributed by atoms with E-state index in [-0.39, 0.29) is 11.8 Å². The summed E-state index contributed by atoms with van der Waals surface area (Å²) < 4.78 is 0. The van der Waals surface area contributed by atoms with Crippen molar-refractivity contribution < 1.29 is 14.4 Å². The average molecular weight is 746 g/mol. The summed E-state index contributed by atoms with van der Waals surface area (Å²) in [5, 5.41) is 20.6. The van der Waals surface area contributed by atoms with Crippen LogP contribution in [0.25, 0.3) is 10.8 Å². The zero-order valence-electron chi connectivity index (χ0n) is 33.4. The minimum Gasteiger partial charge on any atom is -0.402 e. The Kier molecular flexibility index (Phi) is 29.9. The number of nitrogens with zero attached hydrogens (tertiary/aromatic N) is 3. The highest BCUT2D eigenvalue weighted by atomic mass is 32.2. The van der Waals surface area contributed by atoms with Crippen LogP contribution < -0.4 is 21.7 Å². The van der Waals surface area contributed by atoms with Crippen molar-refractivity contribution in [1.82, 2.24) is 20.4 Å². The lowest BCUT2D eigenvalue weighted by Gasteiger charge is -2.19. The fourth-order valence-electron chi connectivity index (χ4n) is 4.17. The Morgan fingerprint density at radius 3 is 2.21 bits per heavy atom. The number of carbonyl (C=O) groups is 3. The van der Waals surface area contributed by atoms with Crippen molar-refractivity contribution in [3.8, 4) is 6.07 Å². The van der Waals surface area contributed by atoms with Crippen LogP contribution in [0.3, 0.4) is 0 Å². The molecule has 0 unspecified atom stereocenters. The molecule has 2 aromatic carbocycles. The number of hydrogen-bond acceptors (Lipinski definition) is 8. The van der Waals surface area contributed by atoms with Gasteiger partial charge in [-0.15, -0.1) is 11.8 Å². The number of nitriles is 1. The van der Waals surface area contributed by atoms with Crippen LogP contribution in [0.5, 0.6) is 0 Å². The van der Waals surface area contributed by atoms with E-state index in [9.17, 15) is 14.4 Å². The fourth-order valence-corrected chi connectivity index (χ4v) is 4.57. The molecule has 3 amide bonds. The Hall–Kier alpha value is -5.05. The van der Waals surface area contributed by atoms with Crippen LogP contribution in [0, 0.1) is 11.3 Å². The van der Waals surface area contributed by atoms with Crippen LogP contribution in [0.2, 0.25) is 0 Å². The number of thioether (sulfide) groups is 1. The summed E-state index contributed by atoms with van der Waals surface area (Å²) in [5.41, 5.74) is 9.97. The molecule has 0 fully saturated rings. The second-order valence-electron chi connectivity index (χ2n) is 11.4. The lowest BCUT2D eigenvalue weighted by atomic mass is 10.1.